The van der Waals surface area contributed by atoms with E-state index in [4.69, 9.17) is 4.99 Å². The Hall–Kier alpha value is -7.41. The molecule has 6 heteroatoms. The fraction of sp³-hybridized carbons (Fsp3) is 0.0426. The lowest BCUT2D eigenvalue weighted by atomic mass is 9.88. The maximum atomic E-state index is 10.3. The number of nitrogens with one attached hydrogen (secondary N) is 1. The van der Waals surface area contributed by atoms with Crippen LogP contribution in [0.1, 0.15) is 39.4 Å². The van der Waals surface area contributed by atoms with E-state index in [1.807, 2.05) is 36.4 Å². The van der Waals surface area contributed by atoms with Gasteiger partial charge in [-0.2, -0.15) is 10.5 Å². The van der Waals surface area contributed by atoms with Gasteiger partial charge in [0.15, 0.2) is 0 Å². The average molecular weight is 679 g/mol. The largest absolute Gasteiger partial charge is 0.340 e. The number of hydrogen-bond acceptors (Lipinski definition) is 4. The number of rotatable bonds is 4. The molecular weight excluding hydrogens is 649 g/mol. The number of hydrogen-bond donors (Lipinski definition) is 1. The number of aromatic nitrogens is 2. The summed E-state index contributed by atoms with van der Waals surface area (Å²) in [5, 5.41) is 28.3. The Morgan fingerprint density at radius 1 is 0.604 bits per heavy atom. The van der Waals surface area contributed by atoms with E-state index in [0.29, 0.717) is 17.0 Å². The first kappa shape index (κ1) is 30.4. The van der Waals surface area contributed by atoms with Gasteiger partial charge < -0.3 is 14.5 Å². The summed E-state index contributed by atoms with van der Waals surface area (Å²) in [7, 11) is 0. The molecule has 0 radical (unpaired) electrons. The fourth-order valence-corrected chi connectivity index (χ4v) is 8.27. The lowest BCUT2D eigenvalue weighted by molar-refractivity contribution is 0.849. The summed E-state index contributed by atoms with van der Waals surface area (Å²) in [6.45, 7) is 2.12. The predicted molar refractivity (Wildman–Crippen MR) is 214 cm³/mol. The molecule has 3 heterocycles. The lowest BCUT2D eigenvalue weighted by Crippen LogP contribution is -2.23. The third kappa shape index (κ3) is 4.60. The molecule has 2 aromatic heterocycles. The maximum absolute atomic E-state index is 10.3. The molecule has 0 fully saturated rings. The molecule has 10 rings (SSSR count). The summed E-state index contributed by atoms with van der Waals surface area (Å²) in [4.78, 5) is 5.24. The molecule has 0 aliphatic carbocycles. The predicted octanol–water partition coefficient (Wildman–Crippen LogP) is 10.9. The van der Waals surface area contributed by atoms with Crippen LogP contribution in [0.15, 0.2) is 157 Å². The van der Waals surface area contributed by atoms with E-state index in [2.05, 4.69) is 143 Å². The molecule has 7 aromatic carbocycles. The molecule has 1 N–H and O–H groups in total. The number of fused-ring (bicyclic) bond motifs is 8. The van der Waals surface area contributed by atoms with Crippen molar-refractivity contribution < 1.29 is 0 Å². The van der Waals surface area contributed by atoms with Crippen LogP contribution < -0.4 is 5.32 Å². The van der Waals surface area contributed by atoms with Crippen LogP contribution >= 0.6 is 0 Å². The maximum Gasteiger partial charge on any atom is 0.133 e. The second-order valence-electron chi connectivity index (χ2n) is 13.5. The molecule has 0 saturated heterocycles. The van der Waals surface area contributed by atoms with Crippen molar-refractivity contribution in [3.63, 3.8) is 0 Å². The third-order valence-electron chi connectivity index (χ3n) is 10.6. The smallest absolute Gasteiger partial charge is 0.133 e. The quantitative estimate of drug-likeness (QED) is 0.201. The molecule has 1 aliphatic rings. The van der Waals surface area contributed by atoms with Crippen molar-refractivity contribution in [2.45, 2.75) is 13.0 Å². The number of benzene rings is 7. The van der Waals surface area contributed by atoms with Crippen LogP contribution in [0.3, 0.4) is 0 Å². The van der Waals surface area contributed by atoms with Gasteiger partial charge in [0, 0.05) is 49.7 Å². The zero-order valence-corrected chi connectivity index (χ0v) is 28.7. The number of amidine groups is 1. The number of para-hydroxylation sites is 3. The Morgan fingerprint density at radius 3 is 2.04 bits per heavy atom. The minimum atomic E-state index is -0.447. The molecule has 0 saturated carbocycles. The molecule has 1 atom stereocenters. The van der Waals surface area contributed by atoms with Gasteiger partial charge in [-0.3, -0.25) is 4.99 Å². The molecule has 9 aromatic rings. The van der Waals surface area contributed by atoms with Crippen molar-refractivity contribution in [3.05, 3.63) is 185 Å². The van der Waals surface area contributed by atoms with E-state index in [9.17, 15) is 10.5 Å². The zero-order chi connectivity index (χ0) is 35.6. The Labute approximate surface area is 305 Å². The first-order valence-electron chi connectivity index (χ1n) is 17.6. The second kappa shape index (κ2) is 11.8. The molecule has 1 aliphatic heterocycles. The van der Waals surface area contributed by atoms with Gasteiger partial charge in [0.1, 0.15) is 11.9 Å². The van der Waals surface area contributed by atoms with Crippen LogP contribution in [0, 0.1) is 29.6 Å². The van der Waals surface area contributed by atoms with Crippen LogP contribution in [0.5, 0.6) is 0 Å². The van der Waals surface area contributed by atoms with Crippen LogP contribution in [-0.4, -0.2) is 15.0 Å². The van der Waals surface area contributed by atoms with Crippen molar-refractivity contribution in [3.8, 4) is 23.5 Å². The first-order chi connectivity index (χ1) is 26.1. The summed E-state index contributed by atoms with van der Waals surface area (Å²) < 4.78 is 4.77. The van der Waals surface area contributed by atoms with E-state index in [-0.39, 0.29) is 0 Å². The minimum Gasteiger partial charge on any atom is -0.340 e. The SMILES string of the molecule is Cc1cc(-n2c3ccccc3c3c2ccc2c4ccccc4n(-c4ccccc4)c23)ccc1C1N=C(c2ccccc2)Nc2cc(C#N)cc(C#N)c21. The number of aliphatic imine (C=N–C) groups is 1. The van der Waals surface area contributed by atoms with Gasteiger partial charge in [-0.25, -0.2) is 0 Å². The van der Waals surface area contributed by atoms with Gasteiger partial charge in [0.25, 0.3) is 0 Å². The van der Waals surface area contributed by atoms with E-state index < -0.39 is 6.04 Å². The summed E-state index contributed by atoms with van der Waals surface area (Å²) in [6.07, 6.45) is 0. The van der Waals surface area contributed by atoms with Crippen molar-refractivity contribution in [2.75, 3.05) is 5.32 Å². The molecule has 0 spiro atoms. The van der Waals surface area contributed by atoms with Gasteiger partial charge >= 0.3 is 0 Å². The van der Waals surface area contributed by atoms with E-state index in [1.165, 1.54) is 32.6 Å². The normalized spacial score (nSPS) is 13.8. The highest BCUT2D eigenvalue weighted by molar-refractivity contribution is 6.26. The summed E-state index contributed by atoms with van der Waals surface area (Å²) in [5.74, 6) is 0.700. The molecule has 53 heavy (non-hydrogen) atoms. The highest BCUT2D eigenvalue weighted by Crippen LogP contribution is 2.44. The summed E-state index contributed by atoms with van der Waals surface area (Å²) in [5.41, 5.74) is 12.1. The molecule has 0 bridgehead atoms. The third-order valence-corrected chi connectivity index (χ3v) is 10.6. The highest BCUT2D eigenvalue weighted by Gasteiger charge is 2.29. The number of nitrogens with zero attached hydrogens (tertiary/aromatic N) is 5. The van der Waals surface area contributed by atoms with Crippen molar-refractivity contribution in [1.82, 2.24) is 9.13 Å². The molecule has 6 nitrogen and oxygen atoms in total. The summed E-state index contributed by atoms with van der Waals surface area (Å²) in [6, 6.07) is 56.5. The monoisotopic (exact) mass is 678 g/mol. The molecule has 0 amide bonds. The Morgan fingerprint density at radius 2 is 1.30 bits per heavy atom. The lowest BCUT2D eigenvalue weighted by Gasteiger charge is -2.28. The molecular formula is C47H30N6. The van der Waals surface area contributed by atoms with Gasteiger partial charge in [0.05, 0.1) is 45.3 Å². The van der Waals surface area contributed by atoms with Crippen LogP contribution in [0.4, 0.5) is 5.69 Å². The van der Waals surface area contributed by atoms with E-state index >= 15 is 0 Å². The molecule has 248 valence electrons. The van der Waals surface area contributed by atoms with Gasteiger partial charge in [-0.15, -0.1) is 0 Å². The van der Waals surface area contributed by atoms with Crippen LogP contribution in [0.25, 0.3) is 55.0 Å². The molecule has 1 unspecified atom stereocenters. The second-order valence-corrected chi connectivity index (χ2v) is 13.5. The van der Waals surface area contributed by atoms with Crippen molar-refractivity contribution in [1.29, 1.82) is 10.5 Å². The topological polar surface area (TPSA) is 81.8 Å². The minimum absolute atomic E-state index is 0.430. The van der Waals surface area contributed by atoms with Crippen LogP contribution in [0.2, 0.25) is 0 Å². The first-order valence-corrected chi connectivity index (χ1v) is 17.6. The van der Waals surface area contributed by atoms with Gasteiger partial charge in [-0.1, -0.05) is 97.1 Å². The van der Waals surface area contributed by atoms with Crippen molar-refractivity contribution >= 4 is 55.1 Å². The Balaban J connectivity index is 1.21. The Bertz CT molecular complexity index is 3060. The number of anilines is 1. The Kier molecular flexibility index (Phi) is 6.80. The van der Waals surface area contributed by atoms with Gasteiger partial charge in [0.2, 0.25) is 0 Å². The average Bonchev–Trinajstić information content (AvgIpc) is 3.73. The number of aryl methyl sites for hydroxylation is 1. The van der Waals surface area contributed by atoms with Crippen molar-refractivity contribution in [2.24, 2.45) is 4.99 Å². The number of nitriles is 2. The summed E-state index contributed by atoms with van der Waals surface area (Å²) >= 11 is 0. The van der Waals surface area contributed by atoms with E-state index in [1.54, 1.807) is 6.07 Å². The standard InChI is InChI=1S/C47H30N6/c1-29-24-34(20-21-35(29)45-43-32(28-49)25-30(27-48)26-39(43)50-47(51-45)31-12-4-2-5-13-31)52-41-19-11-9-17-38(41)44-42(52)23-22-37-36-16-8-10-18-40(36)53(46(37)44)33-14-6-3-7-15-33/h2-26,45H,1H3,(H,50,51). The van der Waals surface area contributed by atoms with Crippen LogP contribution in [-0.2, 0) is 0 Å². The highest BCUT2D eigenvalue weighted by atomic mass is 15.1. The van der Waals surface area contributed by atoms with Gasteiger partial charge in [-0.05, 0) is 72.6 Å². The zero-order valence-electron chi connectivity index (χ0n) is 28.7. The fourth-order valence-electron chi connectivity index (χ4n) is 8.27. The van der Waals surface area contributed by atoms with E-state index in [0.717, 1.165) is 50.3 Å².